The van der Waals surface area contributed by atoms with Crippen molar-refractivity contribution in [2.75, 3.05) is 11.9 Å². The summed E-state index contributed by atoms with van der Waals surface area (Å²) in [6, 6.07) is 0. The maximum Gasteiger partial charge on any atom is 0.185 e. The predicted molar refractivity (Wildman–Crippen MR) is 59.0 cm³/mol. The molecule has 0 amide bonds. The van der Waals surface area contributed by atoms with E-state index in [1.54, 1.807) is 0 Å². The van der Waals surface area contributed by atoms with Crippen LogP contribution in [0.15, 0.2) is 5.38 Å². The fourth-order valence-electron chi connectivity index (χ4n) is 1.59. The molecular weight excluding hydrogens is 220 g/mol. The summed E-state index contributed by atoms with van der Waals surface area (Å²) in [6.45, 7) is 0.760. The van der Waals surface area contributed by atoms with E-state index >= 15 is 0 Å². The molecule has 0 unspecified atom stereocenters. The van der Waals surface area contributed by atoms with Crippen molar-refractivity contribution < 1.29 is 5.11 Å². The summed E-state index contributed by atoms with van der Waals surface area (Å²) in [5.74, 6) is 0.808. The van der Waals surface area contributed by atoms with Crippen molar-refractivity contribution in [3.63, 3.8) is 0 Å². The second-order valence-corrected chi connectivity index (χ2v) is 5.18. The standard InChI is InChI=1S/C9H13ClN2OS/c10-8-12-7(6-14-8)11-5-4-9(13)2-1-3-9/h6,11,13H,1-5H2. The van der Waals surface area contributed by atoms with E-state index in [1.807, 2.05) is 5.38 Å². The van der Waals surface area contributed by atoms with Crippen LogP contribution in [0.4, 0.5) is 5.82 Å². The van der Waals surface area contributed by atoms with Crippen LogP contribution in [0.25, 0.3) is 0 Å². The first-order chi connectivity index (χ1) is 6.68. The molecule has 5 heteroatoms. The molecule has 1 aromatic rings. The number of halogens is 1. The summed E-state index contributed by atoms with van der Waals surface area (Å²) >= 11 is 7.10. The number of anilines is 1. The number of hydrogen-bond donors (Lipinski definition) is 2. The smallest absolute Gasteiger partial charge is 0.185 e. The Bertz CT molecular complexity index is 312. The molecule has 2 N–H and O–H groups in total. The van der Waals surface area contributed by atoms with Crippen LogP contribution < -0.4 is 5.32 Å². The van der Waals surface area contributed by atoms with E-state index in [0.29, 0.717) is 4.47 Å². The van der Waals surface area contributed by atoms with E-state index in [9.17, 15) is 5.11 Å². The van der Waals surface area contributed by atoms with Gasteiger partial charge in [0, 0.05) is 11.9 Å². The molecule has 2 rings (SSSR count). The largest absolute Gasteiger partial charge is 0.390 e. The molecule has 0 aliphatic heterocycles. The third-order valence-corrected chi connectivity index (χ3v) is 3.64. The van der Waals surface area contributed by atoms with Gasteiger partial charge < -0.3 is 10.4 Å². The topological polar surface area (TPSA) is 45.1 Å². The van der Waals surface area contributed by atoms with E-state index < -0.39 is 5.60 Å². The highest BCUT2D eigenvalue weighted by atomic mass is 35.5. The quantitative estimate of drug-likeness (QED) is 0.839. The molecule has 1 fully saturated rings. The zero-order chi connectivity index (χ0) is 10.0. The highest BCUT2D eigenvalue weighted by molar-refractivity contribution is 7.14. The van der Waals surface area contributed by atoms with E-state index in [2.05, 4.69) is 10.3 Å². The first-order valence-electron chi connectivity index (χ1n) is 4.75. The third kappa shape index (κ3) is 2.38. The van der Waals surface area contributed by atoms with Crippen LogP contribution in [0.5, 0.6) is 0 Å². The van der Waals surface area contributed by atoms with E-state index in [4.69, 9.17) is 11.6 Å². The van der Waals surface area contributed by atoms with Crippen LogP contribution in [0.2, 0.25) is 4.47 Å². The van der Waals surface area contributed by atoms with Gasteiger partial charge in [-0.05, 0) is 25.7 Å². The highest BCUT2D eigenvalue weighted by Crippen LogP contribution is 2.34. The maximum absolute atomic E-state index is 9.81. The van der Waals surface area contributed by atoms with Crippen molar-refractivity contribution in [2.24, 2.45) is 0 Å². The SMILES string of the molecule is OC1(CCNc2csc(Cl)n2)CCC1. The fraction of sp³-hybridized carbons (Fsp3) is 0.667. The second kappa shape index (κ2) is 4.04. The minimum absolute atomic E-state index is 0.410. The Balaban J connectivity index is 1.72. The molecule has 0 aromatic carbocycles. The lowest BCUT2D eigenvalue weighted by atomic mass is 9.78. The number of nitrogens with zero attached hydrogens (tertiary/aromatic N) is 1. The van der Waals surface area contributed by atoms with Gasteiger partial charge in [0.25, 0.3) is 0 Å². The minimum Gasteiger partial charge on any atom is -0.390 e. The van der Waals surface area contributed by atoms with Gasteiger partial charge >= 0.3 is 0 Å². The van der Waals surface area contributed by atoms with Crippen molar-refractivity contribution in [2.45, 2.75) is 31.3 Å². The summed E-state index contributed by atoms with van der Waals surface area (Å²) in [5.41, 5.74) is -0.410. The molecule has 1 aliphatic rings. The Hall–Kier alpha value is -0.320. The molecule has 1 heterocycles. The average molecular weight is 233 g/mol. The molecule has 1 saturated carbocycles. The highest BCUT2D eigenvalue weighted by Gasteiger charge is 2.33. The van der Waals surface area contributed by atoms with Gasteiger partial charge in [-0.2, -0.15) is 0 Å². The molecule has 0 spiro atoms. The van der Waals surface area contributed by atoms with Crippen LogP contribution in [0.1, 0.15) is 25.7 Å². The summed E-state index contributed by atoms with van der Waals surface area (Å²) in [5, 5.41) is 14.8. The number of hydrogen-bond acceptors (Lipinski definition) is 4. The van der Waals surface area contributed by atoms with Gasteiger partial charge in [-0.25, -0.2) is 4.98 Å². The van der Waals surface area contributed by atoms with Gasteiger partial charge in [-0.3, -0.25) is 0 Å². The first kappa shape index (κ1) is 10.2. The molecule has 1 aliphatic carbocycles. The Morgan fingerprint density at radius 2 is 2.43 bits per heavy atom. The van der Waals surface area contributed by atoms with Gasteiger partial charge in [-0.1, -0.05) is 11.6 Å². The number of aliphatic hydroxyl groups is 1. The maximum atomic E-state index is 9.81. The van der Waals surface area contributed by atoms with Crippen LogP contribution >= 0.6 is 22.9 Å². The summed E-state index contributed by atoms with van der Waals surface area (Å²) in [6.07, 6.45) is 3.82. The first-order valence-corrected chi connectivity index (χ1v) is 6.01. The van der Waals surface area contributed by atoms with Gasteiger partial charge in [0.1, 0.15) is 5.82 Å². The molecule has 0 radical (unpaired) electrons. The van der Waals surface area contributed by atoms with E-state index in [0.717, 1.165) is 38.0 Å². The number of aromatic nitrogens is 1. The fourth-order valence-corrected chi connectivity index (χ4v) is 2.31. The number of rotatable bonds is 4. The third-order valence-electron chi connectivity index (χ3n) is 2.66. The van der Waals surface area contributed by atoms with Gasteiger partial charge in [0.05, 0.1) is 5.60 Å². The Labute approximate surface area is 92.1 Å². The van der Waals surface area contributed by atoms with Crippen molar-refractivity contribution in [3.8, 4) is 0 Å². The molecule has 78 valence electrons. The van der Waals surface area contributed by atoms with Crippen molar-refractivity contribution in [3.05, 3.63) is 9.85 Å². The molecule has 1 aromatic heterocycles. The Kier molecular flexibility index (Phi) is 2.95. The Morgan fingerprint density at radius 1 is 1.64 bits per heavy atom. The van der Waals surface area contributed by atoms with Gasteiger partial charge in [-0.15, -0.1) is 11.3 Å². The summed E-state index contributed by atoms with van der Waals surface area (Å²) < 4.78 is 0.551. The predicted octanol–water partition coefficient (Wildman–Crippen LogP) is 2.51. The summed E-state index contributed by atoms with van der Waals surface area (Å²) in [4.78, 5) is 4.07. The summed E-state index contributed by atoms with van der Waals surface area (Å²) in [7, 11) is 0. The van der Waals surface area contributed by atoms with Crippen molar-refractivity contribution in [1.29, 1.82) is 0 Å². The lowest BCUT2D eigenvalue weighted by Crippen LogP contribution is -2.38. The number of nitrogens with one attached hydrogen (secondary N) is 1. The molecule has 0 bridgehead atoms. The van der Waals surface area contributed by atoms with Crippen LogP contribution in [-0.2, 0) is 0 Å². The van der Waals surface area contributed by atoms with Crippen LogP contribution in [0.3, 0.4) is 0 Å². The number of thiazole rings is 1. The van der Waals surface area contributed by atoms with E-state index in [1.165, 1.54) is 11.3 Å². The minimum atomic E-state index is -0.410. The molecule has 0 atom stereocenters. The molecule has 14 heavy (non-hydrogen) atoms. The molecule has 0 saturated heterocycles. The Morgan fingerprint density at radius 3 is 2.93 bits per heavy atom. The molecular formula is C9H13ClN2OS. The second-order valence-electron chi connectivity index (χ2n) is 3.74. The van der Waals surface area contributed by atoms with Gasteiger partial charge in [0.15, 0.2) is 4.47 Å². The average Bonchev–Trinajstić information content (AvgIpc) is 2.49. The van der Waals surface area contributed by atoms with Crippen LogP contribution in [-0.4, -0.2) is 22.2 Å². The van der Waals surface area contributed by atoms with Crippen LogP contribution in [0, 0.1) is 0 Å². The normalized spacial score (nSPS) is 19.0. The zero-order valence-corrected chi connectivity index (χ0v) is 9.37. The monoisotopic (exact) mass is 232 g/mol. The molecule has 3 nitrogen and oxygen atoms in total. The van der Waals surface area contributed by atoms with E-state index in [-0.39, 0.29) is 0 Å². The zero-order valence-electron chi connectivity index (χ0n) is 7.79. The lowest BCUT2D eigenvalue weighted by molar-refractivity contribution is -0.0370. The lowest BCUT2D eigenvalue weighted by Gasteiger charge is -2.36. The van der Waals surface area contributed by atoms with Crippen molar-refractivity contribution in [1.82, 2.24) is 4.98 Å². The van der Waals surface area contributed by atoms with Gasteiger partial charge in [0.2, 0.25) is 0 Å². The van der Waals surface area contributed by atoms with Crippen molar-refractivity contribution >= 4 is 28.8 Å².